The third-order valence-corrected chi connectivity index (χ3v) is 3.05. The molecule has 0 saturated carbocycles. The Bertz CT molecular complexity index is 720. The summed E-state index contributed by atoms with van der Waals surface area (Å²) >= 11 is 0. The topological polar surface area (TPSA) is 38.7 Å². The minimum Gasteiger partial charge on any atom is -0.264 e. The molecule has 3 aromatic rings. The molecule has 18 heavy (non-hydrogen) atoms. The van der Waals surface area contributed by atoms with Gasteiger partial charge in [-0.3, -0.25) is 15.0 Å². The number of fused-ring (bicyclic) bond motifs is 1. The number of hydrogen-bond donors (Lipinski definition) is 0. The van der Waals surface area contributed by atoms with Crippen molar-refractivity contribution in [2.24, 2.45) is 0 Å². The summed E-state index contributed by atoms with van der Waals surface area (Å²) in [6.45, 7) is 4.07. The highest BCUT2D eigenvalue weighted by Crippen LogP contribution is 2.23. The molecule has 0 aliphatic heterocycles. The second-order valence-electron chi connectivity index (χ2n) is 4.43. The number of aryl methyl sites for hydroxylation is 2. The predicted molar refractivity (Wildman–Crippen MR) is 72.2 cm³/mol. The van der Waals surface area contributed by atoms with Crippen molar-refractivity contribution in [2.45, 2.75) is 13.8 Å². The van der Waals surface area contributed by atoms with Crippen LogP contribution >= 0.6 is 0 Å². The molecular weight excluding hydrogens is 222 g/mol. The SMILES string of the molecule is Cc1cc2cc(-c3cnccc3C)ncc2cn1. The monoisotopic (exact) mass is 235 g/mol. The van der Waals surface area contributed by atoms with Gasteiger partial charge >= 0.3 is 0 Å². The molecule has 0 fully saturated rings. The Hall–Kier alpha value is -2.29. The molecule has 0 N–H and O–H groups in total. The van der Waals surface area contributed by atoms with E-state index in [-0.39, 0.29) is 0 Å². The van der Waals surface area contributed by atoms with Crippen LogP contribution in [0.15, 0.2) is 43.0 Å². The van der Waals surface area contributed by atoms with Gasteiger partial charge in [-0.05, 0) is 43.0 Å². The Morgan fingerprint density at radius 3 is 2.56 bits per heavy atom. The van der Waals surface area contributed by atoms with Gasteiger partial charge in [-0.1, -0.05) is 0 Å². The molecule has 0 aliphatic rings. The summed E-state index contributed by atoms with van der Waals surface area (Å²) in [4.78, 5) is 12.9. The van der Waals surface area contributed by atoms with Crippen LogP contribution < -0.4 is 0 Å². The predicted octanol–water partition coefficient (Wildman–Crippen LogP) is 3.31. The maximum Gasteiger partial charge on any atom is 0.0726 e. The van der Waals surface area contributed by atoms with E-state index in [0.29, 0.717) is 0 Å². The number of aromatic nitrogens is 3. The van der Waals surface area contributed by atoms with Gasteiger partial charge in [0.15, 0.2) is 0 Å². The van der Waals surface area contributed by atoms with Crippen LogP contribution in [-0.4, -0.2) is 15.0 Å². The Balaban J connectivity index is 2.22. The van der Waals surface area contributed by atoms with Crippen molar-refractivity contribution in [1.82, 2.24) is 15.0 Å². The lowest BCUT2D eigenvalue weighted by molar-refractivity contribution is 1.21. The van der Waals surface area contributed by atoms with E-state index in [2.05, 4.69) is 34.0 Å². The van der Waals surface area contributed by atoms with E-state index in [4.69, 9.17) is 0 Å². The molecule has 3 aromatic heterocycles. The first-order valence-corrected chi connectivity index (χ1v) is 5.87. The zero-order valence-corrected chi connectivity index (χ0v) is 10.4. The van der Waals surface area contributed by atoms with Crippen LogP contribution in [-0.2, 0) is 0 Å². The zero-order valence-electron chi connectivity index (χ0n) is 10.4. The average Bonchev–Trinajstić information content (AvgIpc) is 2.38. The van der Waals surface area contributed by atoms with Gasteiger partial charge in [-0.2, -0.15) is 0 Å². The van der Waals surface area contributed by atoms with Gasteiger partial charge in [0.2, 0.25) is 0 Å². The molecule has 0 saturated heterocycles. The van der Waals surface area contributed by atoms with Crippen molar-refractivity contribution in [2.75, 3.05) is 0 Å². The highest BCUT2D eigenvalue weighted by Gasteiger charge is 2.04. The maximum absolute atomic E-state index is 4.49. The standard InChI is InChI=1S/C15H13N3/c1-10-3-4-16-9-14(10)15-6-12-5-11(2)17-7-13(12)8-18-15/h3-9H,1-2H3. The van der Waals surface area contributed by atoms with E-state index >= 15 is 0 Å². The smallest absolute Gasteiger partial charge is 0.0726 e. The molecular formula is C15H13N3. The van der Waals surface area contributed by atoms with Crippen molar-refractivity contribution in [1.29, 1.82) is 0 Å². The summed E-state index contributed by atoms with van der Waals surface area (Å²) in [6.07, 6.45) is 7.38. The molecule has 3 rings (SSSR count). The summed E-state index contributed by atoms with van der Waals surface area (Å²) in [7, 11) is 0. The molecule has 0 atom stereocenters. The molecule has 88 valence electrons. The Kier molecular flexibility index (Phi) is 2.52. The van der Waals surface area contributed by atoms with Crippen molar-refractivity contribution < 1.29 is 0 Å². The third-order valence-electron chi connectivity index (χ3n) is 3.05. The van der Waals surface area contributed by atoms with Crippen LogP contribution in [0.2, 0.25) is 0 Å². The van der Waals surface area contributed by atoms with E-state index in [1.807, 2.05) is 31.6 Å². The van der Waals surface area contributed by atoms with E-state index in [1.54, 1.807) is 6.20 Å². The van der Waals surface area contributed by atoms with Crippen LogP contribution in [0.25, 0.3) is 22.0 Å². The lowest BCUT2D eigenvalue weighted by Gasteiger charge is -2.06. The number of pyridine rings is 3. The van der Waals surface area contributed by atoms with Gasteiger partial charge in [0.05, 0.1) is 5.69 Å². The van der Waals surface area contributed by atoms with Crippen molar-refractivity contribution in [3.8, 4) is 11.3 Å². The van der Waals surface area contributed by atoms with Gasteiger partial charge < -0.3 is 0 Å². The van der Waals surface area contributed by atoms with Crippen LogP contribution in [0, 0.1) is 13.8 Å². The summed E-state index contributed by atoms with van der Waals surface area (Å²) in [5.74, 6) is 0. The van der Waals surface area contributed by atoms with Gasteiger partial charge in [-0.15, -0.1) is 0 Å². The minimum atomic E-state index is 0.957. The van der Waals surface area contributed by atoms with Crippen molar-refractivity contribution >= 4 is 10.8 Å². The average molecular weight is 235 g/mol. The molecule has 0 amide bonds. The molecule has 0 spiro atoms. The lowest BCUT2D eigenvalue weighted by atomic mass is 10.1. The Morgan fingerprint density at radius 1 is 0.889 bits per heavy atom. The van der Waals surface area contributed by atoms with Crippen LogP contribution in [0.4, 0.5) is 0 Å². The molecule has 3 heterocycles. The molecule has 3 heteroatoms. The highest BCUT2D eigenvalue weighted by atomic mass is 14.7. The highest BCUT2D eigenvalue weighted by molar-refractivity contribution is 5.85. The van der Waals surface area contributed by atoms with Gasteiger partial charge in [0, 0.05) is 41.4 Å². The summed E-state index contributed by atoms with van der Waals surface area (Å²) in [6, 6.07) is 6.17. The minimum absolute atomic E-state index is 0.957. The molecule has 0 bridgehead atoms. The summed E-state index contributed by atoms with van der Waals surface area (Å²) < 4.78 is 0. The van der Waals surface area contributed by atoms with E-state index < -0.39 is 0 Å². The van der Waals surface area contributed by atoms with Gasteiger partial charge in [0.25, 0.3) is 0 Å². The second-order valence-corrected chi connectivity index (χ2v) is 4.43. The van der Waals surface area contributed by atoms with Crippen LogP contribution in [0.1, 0.15) is 11.3 Å². The first-order valence-electron chi connectivity index (χ1n) is 5.87. The Morgan fingerprint density at radius 2 is 1.72 bits per heavy atom. The lowest BCUT2D eigenvalue weighted by Crippen LogP contribution is -1.89. The van der Waals surface area contributed by atoms with Crippen LogP contribution in [0.3, 0.4) is 0 Å². The van der Waals surface area contributed by atoms with Gasteiger partial charge in [-0.25, -0.2) is 0 Å². The molecule has 0 unspecified atom stereocenters. The van der Waals surface area contributed by atoms with E-state index in [9.17, 15) is 0 Å². The van der Waals surface area contributed by atoms with E-state index in [1.165, 1.54) is 5.56 Å². The molecule has 0 aromatic carbocycles. The molecule has 0 radical (unpaired) electrons. The van der Waals surface area contributed by atoms with E-state index in [0.717, 1.165) is 27.7 Å². The number of hydrogen-bond acceptors (Lipinski definition) is 3. The van der Waals surface area contributed by atoms with Crippen molar-refractivity contribution in [3.05, 3.63) is 54.2 Å². The summed E-state index contributed by atoms with van der Waals surface area (Å²) in [5, 5.41) is 2.22. The number of nitrogens with zero attached hydrogens (tertiary/aromatic N) is 3. The zero-order chi connectivity index (χ0) is 12.5. The molecule has 0 aliphatic carbocycles. The number of rotatable bonds is 1. The van der Waals surface area contributed by atoms with Crippen molar-refractivity contribution in [3.63, 3.8) is 0 Å². The summed E-state index contributed by atoms with van der Waals surface area (Å²) in [5.41, 5.74) is 4.23. The Labute approximate surface area is 106 Å². The quantitative estimate of drug-likeness (QED) is 0.649. The maximum atomic E-state index is 4.49. The van der Waals surface area contributed by atoms with Crippen LogP contribution in [0.5, 0.6) is 0 Å². The van der Waals surface area contributed by atoms with Gasteiger partial charge in [0.1, 0.15) is 0 Å². The fourth-order valence-corrected chi connectivity index (χ4v) is 2.03. The molecule has 3 nitrogen and oxygen atoms in total. The fraction of sp³-hybridized carbons (Fsp3) is 0.133. The second kappa shape index (κ2) is 4.18. The fourth-order valence-electron chi connectivity index (χ4n) is 2.03. The third kappa shape index (κ3) is 1.84. The first kappa shape index (κ1) is 10.8. The normalized spacial score (nSPS) is 10.8. The largest absolute Gasteiger partial charge is 0.264 e. The first-order chi connectivity index (χ1) is 8.74.